The average Bonchev–Trinajstić information content (AvgIpc) is 2.18. The van der Waals surface area contributed by atoms with Crippen molar-refractivity contribution < 1.29 is 9.53 Å². The SMILES string of the molecule is CCOc1ccc(C(Cl)C(N)=O)cc1. The highest BCUT2D eigenvalue weighted by Gasteiger charge is 2.13. The Kier molecular flexibility index (Phi) is 3.77. The summed E-state index contributed by atoms with van der Waals surface area (Å²) in [6, 6.07) is 6.98. The Morgan fingerprint density at radius 2 is 2.07 bits per heavy atom. The van der Waals surface area contributed by atoms with E-state index < -0.39 is 11.3 Å². The minimum Gasteiger partial charge on any atom is -0.494 e. The van der Waals surface area contributed by atoms with Crippen molar-refractivity contribution in [3.63, 3.8) is 0 Å². The molecule has 0 aromatic heterocycles. The van der Waals surface area contributed by atoms with E-state index in [0.29, 0.717) is 12.2 Å². The fourth-order valence-electron chi connectivity index (χ4n) is 1.06. The summed E-state index contributed by atoms with van der Waals surface area (Å²) in [7, 11) is 0. The molecule has 14 heavy (non-hydrogen) atoms. The summed E-state index contributed by atoms with van der Waals surface area (Å²) in [5.74, 6) is 0.209. The molecule has 0 saturated carbocycles. The zero-order valence-electron chi connectivity index (χ0n) is 7.87. The molecule has 0 radical (unpaired) electrons. The Hall–Kier alpha value is -1.22. The predicted molar refractivity (Wildman–Crippen MR) is 55.4 cm³/mol. The van der Waals surface area contributed by atoms with Crippen molar-refractivity contribution in [3.05, 3.63) is 29.8 Å². The molecule has 1 atom stereocenters. The predicted octanol–water partition coefficient (Wildman–Crippen LogP) is 1.85. The molecule has 0 saturated heterocycles. The molecule has 1 aromatic carbocycles. The molecule has 2 N–H and O–H groups in total. The summed E-state index contributed by atoms with van der Waals surface area (Å²) in [5.41, 5.74) is 5.75. The van der Waals surface area contributed by atoms with Crippen LogP contribution < -0.4 is 10.5 Å². The minimum absolute atomic E-state index is 0.546. The van der Waals surface area contributed by atoms with E-state index in [0.717, 1.165) is 5.75 Å². The second-order valence-electron chi connectivity index (χ2n) is 2.77. The number of carbonyl (C=O) groups is 1. The molecular formula is C10H12ClNO2. The molecule has 0 spiro atoms. The summed E-state index contributed by atoms with van der Waals surface area (Å²) in [5, 5.41) is -0.773. The van der Waals surface area contributed by atoms with Crippen LogP contribution in [-0.2, 0) is 4.79 Å². The highest BCUT2D eigenvalue weighted by atomic mass is 35.5. The molecule has 1 rings (SSSR count). The third-order valence-electron chi connectivity index (χ3n) is 1.73. The van der Waals surface area contributed by atoms with Gasteiger partial charge in [-0.25, -0.2) is 0 Å². The number of rotatable bonds is 4. The van der Waals surface area contributed by atoms with Gasteiger partial charge in [0.1, 0.15) is 11.1 Å². The first-order chi connectivity index (χ1) is 6.65. The van der Waals surface area contributed by atoms with Gasteiger partial charge in [0.15, 0.2) is 0 Å². The number of primary amides is 1. The first-order valence-electron chi connectivity index (χ1n) is 4.31. The minimum atomic E-state index is -0.773. The molecule has 0 aliphatic rings. The lowest BCUT2D eigenvalue weighted by Crippen LogP contribution is -2.16. The summed E-state index contributed by atoms with van der Waals surface area (Å²) in [4.78, 5) is 10.8. The fraction of sp³-hybridized carbons (Fsp3) is 0.300. The molecule has 1 amide bonds. The van der Waals surface area contributed by atoms with E-state index in [1.165, 1.54) is 0 Å². The van der Waals surface area contributed by atoms with Crippen molar-refractivity contribution in [3.8, 4) is 5.75 Å². The van der Waals surface area contributed by atoms with Crippen molar-refractivity contribution in [1.82, 2.24) is 0 Å². The molecule has 76 valence electrons. The van der Waals surface area contributed by atoms with E-state index in [1.54, 1.807) is 24.3 Å². The monoisotopic (exact) mass is 213 g/mol. The van der Waals surface area contributed by atoms with Crippen LogP contribution in [-0.4, -0.2) is 12.5 Å². The van der Waals surface area contributed by atoms with Gasteiger partial charge in [0, 0.05) is 0 Å². The summed E-state index contributed by atoms with van der Waals surface area (Å²) < 4.78 is 5.24. The normalized spacial score (nSPS) is 12.1. The van der Waals surface area contributed by atoms with Crippen LogP contribution in [0.2, 0.25) is 0 Å². The molecule has 4 heteroatoms. The molecule has 0 bridgehead atoms. The van der Waals surface area contributed by atoms with Crippen LogP contribution in [0.3, 0.4) is 0 Å². The highest BCUT2D eigenvalue weighted by Crippen LogP contribution is 2.22. The lowest BCUT2D eigenvalue weighted by Gasteiger charge is -2.07. The average molecular weight is 214 g/mol. The van der Waals surface area contributed by atoms with Crippen LogP contribution in [0.25, 0.3) is 0 Å². The van der Waals surface area contributed by atoms with E-state index in [2.05, 4.69) is 0 Å². The number of hydrogen-bond donors (Lipinski definition) is 1. The number of amides is 1. The van der Waals surface area contributed by atoms with Gasteiger partial charge in [0.2, 0.25) is 5.91 Å². The van der Waals surface area contributed by atoms with Crippen LogP contribution in [0.1, 0.15) is 17.9 Å². The highest BCUT2D eigenvalue weighted by molar-refractivity contribution is 6.30. The largest absolute Gasteiger partial charge is 0.494 e. The number of halogens is 1. The molecule has 3 nitrogen and oxygen atoms in total. The first-order valence-corrected chi connectivity index (χ1v) is 4.75. The zero-order chi connectivity index (χ0) is 10.6. The number of ether oxygens (including phenoxy) is 1. The van der Waals surface area contributed by atoms with Gasteiger partial charge in [0.25, 0.3) is 0 Å². The van der Waals surface area contributed by atoms with Crippen molar-refractivity contribution in [2.24, 2.45) is 5.73 Å². The van der Waals surface area contributed by atoms with Crippen LogP contribution >= 0.6 is 11.6 Å². The Labute approximate surface area is 87.8 Å². The van der Waals surface area contributed by atoms with Crippen molar-refractivity contribution in [2.75, 3.05) is 6.61 Å². The zero-order valence-corrected chi connectivity index (χ0v) is 8.62. The molecule has 1 aromatic rings. The smallest absolute Gasteiger partial charge is 0.240 e. The first kappa shape index (κ1) is 10.9. The number of alkyl halides is 1. The molecule has 0 aliphatic carbocycles. The molecular weight excluding hydrogens is 202 g/mol. The summed E-state index contributed by atoms with van der Waals surface area (Å²) >= 11 is 5.76. The molecule has 0 fully saturated rings. The van der Waals surface area contributed by atoms with E-state index in [1.807, 2.05) is 6.92 Å². The Bertz CT molecular complexity index is 310. The lowest BCUT2D eigenvalue weighted by atomic mass is 10.1. The van der Waals surface area contributed by atoms with E-state index in [9.17, 15) is 4.79 Å². The number of hydrogen-bond acceptors (Lipinski definition) is 2. The van der Waals surface area contributed by atoms with E-state index in [4.69, 9.17) is 22.1 Å². The quantitative estimate of drug-likeness (QED) is 0.777. The van der Waals surface area contributed by atoms with Gasteiger partial charge in [-0.3, -0.25) is 4.79 Å². The molecule has 0 heterocycles. The van der Waals surface area contributed by atoms with E-state index in [-0.39, 0.29) is 0 Å². The standard InChI is InChI=1S/C10H12ClNO2/c1-2-14-8-5-3-7(4-6-8)9(11)10(12)13/h3-6,9H,2H2,1H3,(H2,12,13). The lowest BCUT2D eigenvalue weighted by molar-refractivity contribution is -0.117. The van der Waals surface area contributed by atoms with Crippen molar-refractivity contribution >= 4 is 17.5 Å². The Morgan fingerprint density at radius 3 is 2.50 bits per heavy atom. The van der Waals surface area contributed by atoms with Gasteiger partial charge < -0.3 is 10.5 Å². The maximum Gasteiger partial charge on any atom is 0.240 e. The topological polar surface area (TPSA) is 52.3 Å². The van der Waals surface area contributed by atoms with Crippen LogP contribution in [0, 0.1) is 0 Å². The second kappa shape index (κ2) is 4.86. The maximum absolute atomic E-state index is 10.8. The summed E-state index contributed by atoms with van der Waals surface area (Å²) in [6.45, 7) is 2.52. The van der Waals surface area contributed by atoms with Gasteiger partial charge in [-0.15, -0.1) is 11.6 Å². The van der Waals surface area contributed by atoms with Crippen molar-refractivity contribution in [2.45, 2.75) is 12.3 Å². The van der Waals surface area contributed by atoms with Crippen LogP contribution in [0.4, 0.5) is 0 Å². The van der Waals surface area contributed by atoms with Gasteiger partial charge in [-0.2, -0.15) is 0 Å². The van der Waals surface area contributed by atoms with Gasteiger partial charge in [0.05, 0.1) is 6.61 Å². The van der Waals surface area contributed by atoms with E-state index >= 15 is 0 Å². The molecule has 1 unspecified atom stereocenters. The van der Waals surface area contributed by atoms with Gasteiger partial charge in [-0.1, -0.05) is 12.1 Å². The third kappa shape index (κ3) is 2.64. The fourth-order valence-corrected chi connectivity index (χ4v) is 1.21. The number of benzene rings is 1. The van der Waals surface area contributed by atoms with Crippen LogP contribution in [0.5, 0.6) is 5.75 Å². The molecule has 0 aliphatic heterocycles. The Balaban J connectivity index is 2.77. The van der Waals surface area contributed by atoms with Gasteiger partial charge >= 0.3 is 0 Å². The second-order valence-corrected chi connectivity index (χ2v) is 3.20. The Morgan fingerprint density at radius 1 is 1.50 bits per heavy atom. The van der Waals surface area contributed by atoms with Crippen molar-refractivity contribution in [1.29, 1.82) is 0 Å². The number of nitrogens with two attached hydrogens (primary N) is 1. The summed E-state index contributed by atoms with van der Waals surface area (Å²) in [6.07, 6.45) is 0. The third-order valence-corrected chi connectivity index (χ3v) is 2.20. The number of carbonyl (C=O) groups excluding carboxylic acids is 1. The van der Waals surface area contributed by atoms with Gasteiger partial charge in [-0.05, 0) is 24.6 Å². The maximum atomic E-state index is 10.8. The van der Waals surface area contributed by atoms with Crippen LogP contribution in [0.15, 0.2) is 24.3 Å².